The van der Waals surface area contributed by atoms with Gasteiger partial charge in [-0.1, -0.05) is 39.2 Å². The van der Waals surface area contributed by atoms with E-state index in [2.05, 4.69) is 39.6 Å². The van der Waals surface area contributed by atoms with Crippen LogP contribution in [0, 0.1) is 5.92 Å². The Morgan fingerprint density at radius 3 is 2.14 bits per heavy atom. The number of rotatable bonds is 8. The van der Waals surface area contributed by atoms with Crippen LogP contribution in [0.5, 0.6) is 0 Å². The molecule has 0 bridgehead atoms. The molecule has 0 aromatic carbocycles. The zero-order chi connectivity index (χ0) is 11.0. The minimum atomic E-state index is 0.687. The molecule has 1 heteroatoms. The maximum atomic E-state index is 3.97. The van der Waals surface area contributed by atoms with Gasteiger partial charge in [0.05, 0.1) is 0 Å². The first-order valence-corrected chi connectivity index (χ1v) is 6.03. The van der Waals surface area contributed by atoms with E-state index < -0.39 is 0 Å². The quantitative estimate of drug-likeness (QED) is 0.584. The second kappa shape index (κ2) is 8.05. The Balaban J connectivity index is 4.04. The number of nitrogens with one attached hydrogen (secondary N) is 1. The molecule has 0 aromatic rings. The Morgan fingerprint density at radius 2 is 1.79 bits per heavy atom. The topological polar surface area (TPSA) is 12.0 Å². The third kappa shape index (κ3) is 5.43. The van der Waals surface area contributed by atoms with Crippen molar-refractivity contribution in [2.24, 2.45) is 5.92 Å². The van der Waals surface area contributed by atoms with Crippen LogP contribution >= 0.6 is 0 Å². The van der Waals surface area contributed by atoms with Crippen LogP contribution in [0.15, 0.2) is 12.2 Å². The van der Waals surface area contributed by atoms with Crippen molar-refractivity contribution in [1.82, 2.24) is 5.32 Å². The molecule has 0 spiro atoms. The van der Waals surface area contributed by atoms with Crippen LogP contribution < -0.4 is 5.32 Å². The highest BCUT2D eigenvalue weighted by Crippen LogP contribution is 2.18. The van der Waals surface area contributed by atoms with E-state index in [1.807, 2.05) is 0 Å². The predicted octanol–water partition coefficient (Wildman–Crippen LogP) is 3.76. The summed E-state index contributed by atoms with van der Waals surface area (Å²) in [4.78, 5) is 0. The van der Waals surface area contributed by atoms with Gasteiger partial charge >= 0.3 is 0 Å². The zero-order valence-electron chi connectivity index (χ0n) is 10.4. The molecule has 0 rings (SSSR count). The summed E-state index contributed by atoms with van der Waals surface area (Å²) in [5.74, 6) is 0.828. The van der Waals surface area contributed by atoms with E-state index in [0.717, 1.165) is 18.9 Å². The average molecular weight is 197 g/mol. The average Bonchev–Trinajstić information content (AvgIpc) is 2.15. The van der Waals surface area contributed by atoms with Crippen molar-refractivity contribution in [1.29, 1.82) is 0 Å². The summed E-state index contributed by atoms with van der Waals surface area (Å²) in [6.45, 7) is 13.9. The van der Waals surface area contributed by atoms with Crippen molar-refractivity contribution in [3.8, 4) is 0 Å². The van der Waals surface area contributed by atoms with Crippen molar-refractivity contribution in [2.45, 2.75) is 59.4 Å². The summed E-state index contributed by atoms with van der Waals surface area (Å²) in [6.07, 6.45) is 4.97. The lowest BCUT2D eigenvalue weighted by Crippen LogP contribution is -2.35. The van der Waals surface area contributed by atoms with E-state index in [9.17, 15) is 0 Å². The lowest BCUT2D eigenvalue weighted by Gasteiger charge is -2.26. The Morgan fingerprint density at radius 1 is 1.21 bits per heavy atom. The van der Waals surface area contributed by atoms with Crippen LogP contribution in [0.25, 0.3) is 0 Å². The van der Waals surface area contributed by atoms with E-state index in [-0.39, 0.29) is 0 Å². The first-order valence-electron chi connectivity index (χ1n) is 6.03. The van der Waals surface area contributed by atoms with Gasteiger partial charge < -0.3 is 5.32 Å². The SMILES string of the molecule is C=C(C)CCC(NCC)C(CC)CC. The highest BCUT2D eigenvalue weighted by molar-refractivity contribution is 4.90. The van der Waals surface area contributed by atoms with Gasteiger partial charge in [-0.3, -0.25) is 0 Å². The molecule has 0 amide bonds. The third-order valence-electron chi connectivity index (χ3n) is 2.97. The summed E-state index contributed by atoms with van der Waals surface area (Å²) in [5.41, 5.74) is 1.30. The lowest BCUT2D eigenvalue weighted by molar-refractivity contribution is 0.322. The van der Waals surface area contributed by atoms with Crippen LogP contribution in [-0.4, -0.2) is 12.6 Å². The summed E-state index contributed by atoms with van der Waals surface area (Å²) < 4.78 is 0. The molecule has 0 fully saturated rings. The lowest BCUT2D eigenvalue weighted by atomic mass is 9.90. The maximum absolute atomic E-state index is 3.97. The second-order valence-electron chi connectivity index (χ2n) is 4.24. The van der Waals surface area contributed by atoms with Gasteiger partial charge in [0.25, 0.3) is 0 Å². The van der Waals surface area contributed by atoms with Crippen molar-refractivity contribution >= 4 is 0 Å². The van der Waals surface area contributed by atoms with E-state index in [1.54, 1.807) is 0 Å². The van der Waals surface area contributed by atoms with Crippen LogP contribution in [0.1, 0.15) is 53.4 Å². The van der Waals surface area contributed by atoms with Gasteiger partial charge in [0.1, 0.15) is 0 Å². The Bertz CT molecular complexity index is 147. The summed E-state index contributed by atoms with van der Waals surface area (Å²) in [7, 11) is 0. The molecule has 0 radical (unpaired) electrons. The molecule has 1 unspecified atom stereocenters. The predicted molar refractivity (Wildman–Crippen MR) is 65.6 cm³/mol. The van der Waals surface area contributed by atoms with Crippen molar-refractivity contribution in [3.63, 3.8) is 0 Å². The Labute approximate surface area is 90.0 Å². The standard InChI is InChI=1S/C13H27N/c1-6-12(7-2)13(14-8-3)10-9-11(4)5/h12-14H,4,6-10H2,1-3,5H3. The Kier molecular flexibility index (Phi) is 7.87. The van der Waals surface area contributed by atoms with Gasteiger partial charge in [-0.15, -0.1) is 6.58 Å². The molecule has 1 atom stereocenters. The van der Waals surface area contributed by atoms with Gasteiger partial charge in [0.15, 0.2) is 0 Å². The summed E-state index contributed by atoms with van der Waals surface area (Å²) in [5, 5.41) is 3.60. The van der Waals surface area contributed by atoms with Gasteiger partial charge in [-0.2, -0.15) is 0 Å². The van der Waals surface area contributed by atoms with E-state index in [1.165, 1.54) is 24.8 Å². The molecule has 0 heterocycles. The van der Waals surface area contributed by atoms with E-state index in [0.29, 0.717) is 6.04 Å². The molecule has 0 saturated heterocycles. The molecule has 84 valence electrons. The first kappa shape index (κ1) is 13.7. The van der Waals surface area contributed by atoms with Gasteiger partial charge in [0.2, 0.25) is 0 Å². The van der Waals surface area contributed by atoms with Crippen molar-refractivity contribution in [3.05, 3.63) is 12.2 Å². The maximum Gasteiger partial charge on any atom is 0.00980 e. The minimum absolute atomic E-state index is 0.687. The fourth-order valence-corrected chi connectivity index (χ4v) is 2.03. The molecular weight excluding hydrogens is 170 g/mol. The van der Waals surface area contributed by atoms with Crippen LogP contribution in [0.2, 0.25) is 0 Å². The fraction of sp³-hybridized carbons (Fsp3) is 0.846. The zero-order valence-corrected chi connectivity index (χ0v) is 10.4. The van der Waals surface area contributed by atoms with E-state index in [4.69, 9.17) is 0 Å². The van der Waals surface area contributed by atoms with Crippen molar-refractivity contribution in [2.75, 3.05) is 6.54 Å². The molecule has 0 aliphatic carbocycles. The highest BCUT2D eigenvalue weighted by Gasteiger charge is 2.16. The van der Waals surface area contributed by atoms with Gasteiger partial charge in [-0.25, -0.2) is 0 Å². The largest absolute Gasteiger partial charge is 0.314 e. The monoisotopic (exact) mass is 197 g/mol. The molecule has 14 heavy (non-hydrogen) atoms. The van der Waals surface area contributed by atoms with Crippen LogP contribution in [0.3, 0.4) is 0 Å². The third-order valence-corrected chi connectivity index (χ3v) is 2.97. The highest BCUT2D eigenvalue weighted by atomic mass is 14.9. The molecule has 1 N–H and O–H groups in total. The first-order chi connectivity index (χ1) is 6.65. The van der Waals surface area contributed by atoms with Crippen molar-refractivity contribution < 1.29 is 0 Å². The number of hydrogen-bond acceptors (Lipinski definition) is 1. The molecule has 0 aromatic heterocycles. The second-order valence-corrected chi connectivity index (χ2v) is 4.24. The van der Waals surface area contributed by atoms with E-state index >= 15 is 0 Å². The Hall–Kier alpha value is -0.300. The molecule has 0 aliphatic rings. The fourth-order valence-electron chi connectivity index (χ4n) is 2.03. The van der Waals surface area contributed by atoms with Gasteiger partial charge in [-0.05, 0) is 32.2 Å². The normalized spacial score (nSPS) is 13.2. The van der Waals surface area contributed by atoms with Crippen LogP contribution in [0.4, 0.5) is 0 Å². The number of hydrogen-bond donors (Lipinski definition) is 1. The molecule has 0 saturated carbocycles. The smallest absolute Gasteiger partial charge is 0.00980 e. The van der Waals surface area contributed by atoms with Gasteiger partial charge in [0, 0.05) is 6.04 Å². The minimum Gasteiger partial charge on any atom is -0.314 e. The molecule has 1 nitrogen and oxygen atoms in total. The molecule has 0 aliphatic heterocycles. The summed E-state index contributed by atoms with van der Waals surface area (Å²) in [6, 6.07) is 0.687. The molecular formula is C13H27N. The number of allylic oxidation sites excluding steroid dienone is 1. The van der Waals surface area contributed by atoms with Crippen LogP contribution in [-0.2, 0) is 0 Å². The summed E-state index contributed by atoms with van der Waals surface area (Å²) >= 11 is 0.